The van der Waals surface area contributed by atoms with Crippen molar-refractivity contribution in [1.29, 1.82) is 0 Å². The van der Waals surface area contributed by atoms with E-state index in [2.05, 4.69) is 15.4 Å². The lowest BCUT2D eigenvalue weighted by Crippen LogP contribution is -2.51. The zero-order valence-electron chi connectivity index (χ0n) is 13.8. The van der Waals surface area contributed by atoms with Crippen LogP contribution in [0, 0.1) is 0 Å². The first-order valence-corrected chi connectivity index (χ1v) is 7.46. The Kier molecular flexibility index (Phi) is 7.97. The van der Waals surface area contributed by atoms with Gasteiger partial charge in [0.2, 0.25) is 0 Å². The smallest absolute Gasteiger partial charge is 0.343 e. The van der Waals surface area contributed by atoms with Gasteiger partial charge in [0, 0.05) is 18.9 Å². The van der Waals surface area contributed by atoms with Gasteiger partial charge in [-0.05, 0) is 38.1 Å². The minimum Gasteiger partial charge on any atom is -0.482 e. The van der Waals surface area contributed by atoms with Gasteiger partial charge in [0.25, 0.3) is 5.91 Å². The zero-order chi connectivity index (χ0) is 16.7. The van der Waals surface area contributed by atoms with E-state index in [0.717, 1.165) is 13.1 Å². The SMILES string of the molecule is COC(=O)COc1cccc(NC(=O)C2(OC)CCNCC2)c1.Cl. The molecule has 0 spiro atoms. The van der Waals surface area contributed by atoms with E-state index in [0.29, 0.717) is 24.3 Å². The first kappa shape index (κ1) is 20.2. The normalized spacial score (nSPS) is 15.8. The number of hydrogen-bond donors (Lipinski definition) is 2. The summed E-state index contributed by atoms with van der Waals surface area (Å²) >= 11 is 0. The van der Waals surface area contributed by atoms with Crippen LogP contribution < -0.4 is 15.4 Å². The Hall–Kier alpha value is -1.83. The van der Waals surface area contributed by atoms with Crippen LogP contribution in [0.5, 0.6) is 5.75 Å². The van der Waals surface area contributed by atoms with Crippen molar-refractivity contribution in [3.05, 3.63) is 24.3 Å². The van der Waals surface area contributed by atoms with Crippen molar-refractivity contribution in [2.45, 2.75) is 18.4 Å². The predicted octanol–water partition coefficient (Wildman–Crippen LogP) is 1.37. The number of nitrogens with one attached hydrogen (secondary N) is 2. The van der Waals surface area contributed by atoms with Gasteiger partial charge in [-0.25, -0.2) is 4.79 Å². The molecule has 7 nitrogen and oxygen atoms in total. The first-order valence-electron chi connectivity index (χ1n) is 7.46. The summed E-state index contributed by atoms with van der Waals surface area (Å²) in [5.41, 5.74) is -0.221. The van der Waals surface area contributed by atoms with Gasteiger partial charge in [-0.15, -0.1) is 12.4 Å². The van der Waals surface area contributed by atoms with Gasteiger partial charge in [0.1, 0.15) is 11.4 Å². The number of ether oxygens (including phenoxy) is 3. The lowest BCUT2D eigenvalue weighted by Gasteiger charge is -2.34. The van der Waals surface area contributed by atoms with Crippen LogP contribution in [-0.2, 0) is 19.1 Å². The molecule has 24 heavy (non-hydrogen) atoms. The standard InChI is InChI=1S/C16H22N2O5.ClH/c1-21-14(19)11-23-13-5-3-4-12(10-13)18-15(20)16(22-2)6-8-17-9-7-16;/h3-5,10,17H,6-9,11H2,1-2H3,(H,18,20);1H. The lowest BCUT2D eigenvalue weighted by atomic mass is 9.91. The van der Waals surface area contributed by atoms with Gasteiger partial charge in [-0.2, -0.15) is 0 Å². The highest BCUT2D eigenvalue weighted by Gasteiger charge is 2.39. The number of piperidine rings is 1. The van der Waals surface area contributed by atoms with E-state index in [9.17, 15) is 9.59 Å². The topological polar surface area (TPSA) is 85.9 Å². The molecule has 0 aromatic heterocycles. The number of carbonyl (C=O) groups is 2. The summed E-state index contributed by atoms with van der Waals surface area (Å²) < 4.78 is 15.3. The fourth-order valence-electron chi connectivity index (χ4n) is 2.46. The van der Waals surface area contributed by atoms with Crippen molar-refractivity contribution >= 4 is 30.0 Å². The first-order chi connectivity index (χ1) is 11.1. The molecule has 2 N–H and O–H groups in total. The maximum absolute atomic E-state index is 12.6. The molecule has 1 saturated heterocycles. The Morgan fingerprint density at radius 3 is 2.58 bits per heavy atom. The summed E-state index contributed by atoms with van der Waals surface area (Å²) in [4.78, 5) is 23.7. The minimum absolute atomic E-state index is 0. The molecule has 1 aliphatic heterocycles. The molecule has 0 saturated carbocycles. The van der Waals surface area contributed by atoms with Gasteiger partial charge in [0.15, 0.2) is 6.61 Å². The number of carbonyl (C=O) groups excluding carboxylic acids is 2. The van der Waals surface area contributed by atoms with Gasteiger partial charge in [-0.3, -0.25) is 4.79 Å². The summed E-state index contributed by atoms with van der Waals surface area (Å²) in [6.45, 7) is 1.30. The van der Waals surface area contributed by atoms with Gasteiger partial charge < -0.3 is 24.8 Å². The largest absolute Gasteiger partial charge is 0.482 e. The number of methoxy groups -OCH3 is 2. The van der Waals surface area contributed by atoms with Crippen LogP contribution in [0.15, 0.2) is 24.3 Å². The Morgan fingerprint density at radius 2 is 1.96 bits per heavy atom. The van der Waals surface area contributed by atoms with Crippen molar-refractivity contribution < 1.29 is 23.8 Å². The number of halogens is 1. The third-order valence-corrected chi connectivity index (χ3v) is 3.89. The van der Waals surface area contributed by atoms with E-state index in [1.54, 1.807) is 31.4 Å². The van der Waals surface area contributed by atoms with E-state index >= 15 is 0 Å². The molecule has 0 atom stereocenters. The molecular formula is C16H23ClN2O5. The van der Waals surface area contributed by atoms with Crippen LogP contribution in [-0.4, -0.2) is 51.4 Å². The number of hydrogen-bond acceptors (Lipinski definition) is 6. The second-order valence-corrected chi connectivity index (χ2v) is 5.30. The monoisotopic (exact) mass is 358 g/mol. The molecule has 1 fully saturated rings. The number of esters is 1. The Labute approximate surface area is 147 Å². The second kappa shape index (κ2) is 9.46. The van der Waals surface area contributed by atoms with Crippen LogP contribution in [0.3, 0.4) is 0 Å². The summed E-state index contributed by atoms with van der Waals surface area (Å²) in [5, 5.41) is 6.07. The Morgan fingerprint density at radius 1 is 1.25 bits per heavy atom. The second-order valence-electron chi connectivity index (χ2n) is 5.30. The summed E-state index contributed by atoms with van der Waals surface area (Å²) in [6, 6.07) is 6.86. The molecule has 0 unspecified atom stereocenters. The van der Waals surface area contributed by atoms with E-state index < -0.39 is 11.6 Å². The molecule has 1 heterocycles. The average Bonchev–Trinajstić information content (AvgIpc) is 2.60. The number of anilines is 1. The van der Waals surface area contributed by atoms with Crippen molar-refractivity contribution in [3.8, 4) is 5.75 Å². The average molecular weight is 359 g/mol. The van der Waals surface area contributed by atoms with Gasteiger partial charge >= 0.3 is 5.97 Å². The number of rotatable bonds is 6. The van der Waals surface area contributed by atoms with Crippen molar-refractivity contribution in [2.75, 3.05) is 39.2 Å². The fraction of sp³-hybridized carbons (Fsp3) is 0.500. The third kappa shape index (κ3) is 5.09. The highest BCUT2D eigenvalue weighted by Crippen LogP contribution is 2.25. The van der Waals surface area contributed by atoms with E-state index in [4.69, 9.17) is 9.47 Å². The molecule has 2 rings (SSSR count). The summed E-state index contributed by atoms with van der Waals surface area (Å²) in [7, 11) is 2.85. The summed E-state index contributed by atoms with van der Waals surface area (Å²) in [6.07, 6.45) is 1.24. The van der Waals surface area contributed by atoms with Crippen LogP contribution in [0.2, 0.25) is 0 Å². The Bertz CT molecular complexity index is 561. The molecule has 8 heteroatoms. The van der Waals surface area contributed by atoms with Crippen LogP contribution in [0.25, 0.3) is 0 Å². The Balaban J connectivity index is 0.00000288. The molecule has 1 aromatic rings. The highest BCUT2D eigenvalue weighted by molar-refractivity contribution is 5.97. The number of amides is 1. The predicted molar refractivity (Wildman–Crippen MR) is 91.7 cm³/mol. The maximum Gasteiger partial charge on any atom is 0.343 e. The molecule has 1 amide bonds. The molecule has 0 aliphatic carbocycles. The lowest BCUT2D eigenvalue weighted by molar-refractivity contribution is -0.143. The van der Waals surface area contributed by atoms with Gasteiger partial charge in [0.05, 0.1) is 7.11 Å². The van der Waals surface area contributed by atoms with Crippen molar-refractivity contribution in [1.82, 2.24) is 5.32 Å². The van der Waals surface area contributed by atoms with Crippen LogP contribution in [0.4, 0.5) is 5.69 Å². The molecule has 0 radical (unpaired) electrons. The van der Waals surface area contributed by atoms with Crippen molar-refractivity contribution in [3.63, 3.8) is 0 Å². The molecule has 1 aliphatic rings. The third-order valence-electron chi connectivity index (χ3n) is 3.89. The highest BCUT2D eigenvalue weighted by atomic mass is 35.5. The van der Waals surface area contributed by atoms with Gasteiger partial charge in [-0.1, -0.05) is 6.07 Å². The molecule has 134 valence electrons. The zero-order valence-corrected chi connectivity index (χ0v) is 14.6. The molecule has 1 aromatic carbocycles. The molecular weight excluding hydrogens is 336 g/mol. The van der Waals surface area contributed by atoms with E-state index in [1.807, 2.05) is 0 Å². The molecule has 0 bridgehead atoms. The maximum atomic E-state index is 12.6. The van der Waals surface area contributed by atoms with E-state index in [1.165, 1.54) is 7.11 Å². The van der Waals surface area contributed by atoms with Crippen molar-refractivity contribution in [2.24, 2.45) is 0 Å². The fourth-order valence-corrected chi connectivity index (χ4v) is 2.46. The number of benzene rings is 1. The summed E-state index contributed by atoms with van der Waals surface area (Å²) in [5.74, 6) is -0.163. The van der Waals surface area contributed by atoms with E-state index in [-0.39, 0.29) is 24.9 Å². The minimum atomic E-state index is -0.811. The van der Waals surface area contributed by atoms with Crippen LogP contribution in [0.1, 0.15) is 12.8 Å². The quantitative estimate of drug-likeness (QED) is 0.747. The van der Waals surface area contributed by atoms with Crippen LogP contribution >= 0.6 is 12.4 Å².